The average Bonchev–Trinajstić information content (AvgIpc) is 3.55. The van der Waals surface area contributed by atoms with Gasteiger partial charge in [0, 0.05) is 17.1 Å². The van der Waals surface area contributed by atoms with Gasteiger partial charge in [-0.25, -0.2) is 9.78 Å². The molecule has 5 rings (SSSR count). The zero-order valence-corrected chi connectivity index (χ0v) is 21.5. The lowest BCUT2D eigenvalue weighted by Crippen LogP contribution is -2.31. The van der Waals surface area contributed by atoms with Gasteiger partial charge in [-0.3, -0.25) is 0 Å². The first-order valence-electron chi connectivity index (χ1n) is 11.0. The number of ether oxygens (including phenoxy) is 2. The van der Waals surface area contributed by atoms with Crippen molar-refractivity contribution in [2.45, 2.75) is 19.4 Å². The van der Waals surface area contributed by atoms with Gasteiger partial charge < -0.3 is 13.9 Å². The molecule has 5 aromatic rings. The van der Waals surface area contributed by atoms with Crippen LogP contribution >= 0.6 is 34.5 Å². The maximum absolute atomic E-state index is 12.6. The molecule has 0 saturated carbocycles. The van der Waals surface area contributed by atoms with E-state index in [2.05, 4.69) is 15.2 Å². The number of fused-ring (bicyclic) bond motifs is 1. The van der Waals surface area contributed by atoms with Crippen molar-refractivity contribution in [1.29, 1.82) is 0 Å². The van der Waals surface area contributed by atoms with Crippen LogP contribution in [0.3, 0.4) is 0 Å². The fourth-order valence-electron chi connectivity index (χ4n) is 3.81. The Hall–Kier alpha value is -3.46. The van der Waals surface area contributed by atoms with Crippen molar-refractivity contribution in [3.05, 3.63) is 93.4 Å². The molecule has 0 amide bonds. The predicted molar refractivity (Wildman–Crippen MR) is 139 cm³/mol. The number of pyridine rings is 1. The summed E-state index contributed by atoms with van der Waals surface area (Å²) in [7, 11) is 0. The predicted octanol–water partition coefficient (Wildman–Crippen LogP) is 7.17. The van der Waals surface area contributed by atoms with Crippen molar-refractivity contribution in [2.24, 2.45) is 0 Å². The molecule has 2 aromatic carbocycles. The van der Waals surface area contributed by atoms with E-state index in [1.807, 2.05) is 47.8 Å². The van der Waals surface area contributed by atoms with E-state index in [4.69, 9.17) is 37.1 Å². The number of carbonyl (C=O) groups excluding carboxylic acids is 1. The highest BCUT2D eigenvalue weighted by Gasteiger charge is 2.41. The van der Waals surface area contributed by atoms with Gasteiger partial charge >= 0.3 is 5.97 Å². The van der Waals surface area contributed by atoms with Gasteiger partial charge in [0.1, 0.15) is 10.9 Å². The molecular weight excluding hydrogens is 521 g/mol. The van der Waals surface area contributed by atoms with Crippen LogP contribution in [-0.4, -0.2) is 27.8 Å². The van der Waals surface area contributed by atoms with E-state index in [0.717, 1.165) is 0 Å². The number of nitrogens with zero attached hydrogens (tertiary/aromatic N) is 3. The molecule has 0 spiro atoms. The monoisotopic (exact) mass is 539 g/mol. The number of hydrogen-bond acceptors (Lipinski definition) is 8. The summed E-state index contributed by atoms with van der Waals surface area (Å²) in [5.74, 6) is 0.514. The Labute approximate surface area is 220 Å². The minimum atomic E-state index is -1.29. The Morgan fingerprint density at radius 2 is 1.83 bits per heavy atom. The van der Waals surface area contributed by atoms with E-state index in [1.165, 1.54) is 17.5 Å². The summed E-state index contributed by atoms with van der Waals surface area (Å²) in [5.41, 5.74) is 0.241. The number of benzene rings is 2. The van der Waals surface area contributed by atoms with E-state index < -0.39 is 11.6 Å². The third-order valence-electron chi connectivity index (χ3n) is 5.56. The van der Waals surface area contributed by atoms with Gasteiger partial charge in [0.2, 0.25) is 11.5 Å². The standard InChI is InChI=1S/C26H19Cl2N3O4S/c1-3-33-24(32)17-13-29-22(28)20-18(14-36-21(17)20)26(2,35-15-9-5-4-6-10-15)25-31-30-23(34-25)16-11-7-8-12-19(16)27/h4-14H,3H2,1-2H3. The highest BCUT2D eigenvalue weighted by Crippen LogP contribution is 2.44. The van der Waals surface area contributed by atoms with Gasteiger partial charge in [-0.1, -0.05) is 53.5 Å². The minimum absolute atomic E-state index is 0.179. The Balaban J connectivity index is 1.70. The number of carbonyl (C=O) groups is 1. The highest BCUT2D eigenvalue weighted by atomic mass is 35.5. The molecule has 1 atom stereocenters. The summed E-state index contributed by atoms with van der Waals surface area (Å²) in [6, 6.07) is 16.4. The van der Waals surface area contributed by atoms with E-state index in [0.29, 0.717) is 37.5 Å². The maximum Gasteiger partial charge on any atom is 0.341 e. The second-order valence-electron chi connectivity index (χ2n) is 7.88. The SMILES string of the molecule is CCOC(=O)c1cnc(Cl)c2c(C(C)(Oc3ccccc3)c3nnc(-c4ccccc4Cl)o3)csc12. The van der Waals surface area contributed by atoms with Crippen molar-refractivity contribution in [3.8, 4) is 17.2 Å². The van der Waals surface area contributed by atoms with E-state index in [-0.39, 0.29) is 23.5 Å². The van der Waals surface area contributed by atoms with Crippen LogP contribution < -0.4 is 4.74 Å². The van der Waals surface area contributed by atoms with Crippen molar-refractivity contribution in [2.75, 3.05) is 6.61 Å². The zero-order valence-electron chi connectivity index (χ0n) is 19.2. The van der Waals surface area contributed by atoms with E-state index in [1.54, 1.807) is 26.0 Å². The van der Waals surface area contributed by atoms with E-state index >= 15 is 0 Å². The Morgan fingerprint density at radius 1 is 1.08 bits per heavy atom. The number of rotatable bonds is 7. The molecular formula is C26H19Cl2N3O4S. The zero-order chi connectivity index (χ0) is 25.3. The quantitative estimate of drug-likeness (QED) is 0.160. The topological polar surface area (TPSA) is 87.3 Å². The molecule has 0 radical (unpaired) electrons. The first-order valence-corrected chi connectivity index (χ1v) is 12.6. The van der Waals surface area contributed by atoms with Crippen LogP contribution in [0.2, 0.25) is 10.2 Å². The van der Waals surface area contributed by atoms with Gasteiger partial charge in [0.15, 0.2) is 0 Å². The summed E-state index contributed by atoms with van der Waals surface area (Å²) < 4.78 is 18.5. The van der Waals surface area contributed by atoms with Crippen LogP contribution in [0.25, 0.3) is 21.5 Å². The van der Waals surface area contributed by atoms with Gasteiger partial charge in [-0.2, -0.15) is 0 Å². The summed E-state index contributed by atoms with van der Waals surface area (Å²) in [5, 5.41) is 11.7. The lowest BCUT2D eigenvalue weighted by atomic mass is 9.95. The van der Waals surface area contributed by atoms with Crippen molar-refractivity contribution in [1.82, 2.24) is 15.2 Å². The molecule has 3 aromatic heterocycles. The molecule has 0 fully saturated rings. The second-order valence-corrected chi connectivity index (χ2v) is 9.52. The lowest BCUT2D eigenvalue weighted by molar-refractivity contribution is 0.0528. The number of para-hydroxylation sites is 1. The normalized spacial score (nSPS) is 12.9. The molecule has 10 heteroatoms. The Kier molecular flexibility index (Phi) is 6.66. The average molecular weight is 540 g/mol. The molecule has 3 heterocycles. The van der Waals surface area contributed by atoms with Gasteiger partial charge in [-0.05, 0) is 43.5 Å². The fraction of sp³-hybridized carbons (Fsp3) is 0.154. The summed E-state index contributed by atoms with van der Waals surface area (Å²) in [6.45, 7) is 3.79. The molecule has 7 nitrogen and oxygen atoms in total. The molecule has 0 N–H and O–H groups in total. The second kappa shape index (κ2) is 9.89. The van der Waals surface area contributed by atoms with Gasteiger partial charge in [0.05, 0.1) is 27.5 Å². The van der Waals surface area contributed by atoms with Gasteiger partial charge in [-0.15, -0.1) is 21.5 Å². The summed E-state index contributed by atoms with van der Waals surface area (Å²) >= 11 is 14.3. The summed E-state index contributed by atoms with van der Waals surface area (Å²) in [6.07, 6.45) is 1.42. The third kappa shape index (κ3) is 4.32. The molecule has 0 aliphatic carbocycles. The largest absolute Gasteiger partial charge is 0.473 e. The highest BCUT2D eigenvalue weighted by molar-refractivity contribution is 7.18. The van der Waals surface area contributed by atoms with E-state index in [9.17, 15) is 4.79 Å². The Bertz CT molecular complexity index is 1550. The lowest BCUT2D eigenvalue weighted by Gasteiger charge is -2.27. The van der Waals surface area contributed by atoms with Gasteiger partial charge in [0.25, 0.3) is 5.89 Å². The Morgan fingerprint density at radius 3 is 2.58 bits per heavy atom. The van der Waals surface area contributed by atoms with Crippen molar-refractivity contribution < 1.29 is 18.7 Å². The molecule has 36 heavy (non-hydrogen) atoms. The number of halogens is 2. The number of hydrogen-bond donors (Lipinski definition) is 0. The molecule has 1 unspecified atom stereocenters. The summed E-state index contributed by atoms with van der Waals surface area (Å²) in [4.78, 5) is 16.9. The van der Waals surface area contributed by atoms with Crippen LogP contribution in [0.5, 0.6) is 5.75 Å². The van der Waals surface area contributed by atoms with Crippen LogP contribution in [0.15, 0.2) is 70.6 Å². The molecule has 0 aliphatic heterocycles. The third-order valence-corrected chi connectivity index (χ3v) is 7.19. The minimum Gasteiger partial charge on any atom is -0.473 e. The van der Waals surface area contributed by atoms with Crippen LogP contribution in [0.1, 0.15) is 35.7 Å². The number of aromatic nitrogens is 3. The number of esters is 1. The first kappa shape index (κ1) is 24.2. The van der Waals surface area contributed by atoms with Crippen LogP contribution in [0.4, 0.5) is 0 Å². The van der Waals surface area contributed by atoms with Crippen molar-refractivity contribution in [3.63, 3.8) is 0 Å². The van der Waals surface area contributed by atoms with Crippen LogP contribution in [-0.2, 0) is 10.3 Å². The number of thiophene rings is 1. The molecule has 0 bridgehead atoms. The smallest absolute Gasteiger partial charge is 0.341 e. The fourth-order valence-corrected chi connectivity index (χ4v) is 5.49. The molecule has 0 aliphatic rings. The maximum atomic E-state index is 12.6. The first-order chi connectivity index (χ1) is 17.4. The molecule has 182 valence electrons. The van der Waals surface area contributed by atoms with Crippen LogP contribution in [0, 0.1) is 0 Å². The molecule has 0 saturated heterocycles. The van der Waals surface area contributed by atoms with Crippen molar-refractivity contribution >= 4 is 50.6 Å².